The van der Waals surface area contributed by atoms with Gasteiger partial charge in [0, 0.05) is 36.5 Å². The van der Waals surface area contributed by atoms with Crippen LogP contribution in [0.3, 0.4) is 0 Å². The number of alkyl halides is 3. The molecule has 9 heteroatoms. The summed E-state index contributed by atoms with van der Waals surface area (Å²) in [6.45, 7) is 4.18. The molecule has 0 aliphatic carbocycles. The van der Waals surface area contributed by atoms with E-state index in [0.717, 1.165) is 28.6 Å². The number of nitrogens with one attached hydrogen (secondary N) is 1. The molecule has 1 aliphatic heterocycles. The summed E-state index contributed by atoms with van der Waals surface area (Å²) < 4.78 is 43.3. The molecule has 1 saturated heterocycles. The van der Waals surface area contributed by atoms with Crippen LogP contribution < -0.4 is 5.32 Å². The number of nitrogens with zero attached hydrogens (tertiary/aromatic N) is 4. The van der Waals surface area contributed by atoms with E-state index in [1.165, 1.54) is 12.1 Å². The minimum absolute atomic E-state index is 0.105. The molecule has 1 N–H and O–H groups in total. The summed E-state index contributed by atoms with van der Waals surface area (Å²) in [6, 6.07) is 16.6. The smallest absolute Gasteiger partial charge is 0.352 e. The third kappa shape index (κ3) is 4.35. The van der Waals surface area contributed by atoms with Gasteiger partial charge in [-0.15, -0.1) is 0 Å². The van der Waals surface area contributed by atoms with Gasteiger partial charge >= 0.3 is 6.18 Å². The molecular weight excluding hydrogens is 483 g/mol. The number of rotatable bonds is 5. The van der Waals surface area contributed by atoms with Crippen LogP contribution in [0.5, 0.6) is 0 Å². The Kier molecular flexibility index (Phi) is 6.26. The standard InChI is InChI=1S/C27H24F3N5S/c1-17-14-20(18(2)35(17)23-11-4-3-9-21(23)27(28,29)30)25-24(22-10-5-6-13-32-22)33-26(36)34(25)16-19-8-7-12-31-15-19/h3-15,24-25H,16H2,1-2H3,(H,33,36)/t24-,25+/m0/s1. The van der Waals surface area contributed by atoms with E-state index in [9.17, 15) is 13.2 Å². The third-order valence-electron chi connectivity index (χ3n) is 6.51. The molecule has 1 aliphatic rings. The van der Waals surface area contributed by atoms with Gasteiger partial charge in [-0.25, -0.2) is 0 Å². The second-order valence-corrected chi connectivity index (χ2v) is 9.18. The van der Waals surface area contributed by atoms with Crippen LogP contribution in [0.1, 0.15) is 45.9 Å². The van der Waals surface area contributed by atoms with Crippen LogP contribution in [0.25, 0.3) is 5.69 Å². The molecule has 4 aromatic rings. The largest absolute Gasteiger partial charge is 0.418 e. The molecule has 2 atom stereocenters. The highest BCUT2D eigenvalue weighted by Gasteiger charge is 2.42. The van der Waals surface area contributed by atoms with Gasteiger partial charge in [0.05, 0.1) is 29.0 Å². The first-order valence-corrected chi connectivity index (χ1v) is 11.9. The summed E-state index contributed by atoms with van der Waals surface area (Å²) in [5.41, 5.74) is 3.52. The fraction of sp³-hybridized carbons (Fsp3) is 0.222. The van der Waals surface area contributed by atoms with Crippen molar-refractivity contribution in [3.05, 3.63) is 113 Å². The van der Waals surface area contributed by atoms with Crippen LogP contribution in [0.4, 0.5) is 13.2 Å². The zero-order valence-electron chi connectivity index (χ0n) is 19.7. The Bertz CT molecular complexity index is 1390. The molecule has 0 amide bonds. The van der Waals surface area contributed by atoms with Crippen molar-refractivity contribution in [2.75, 3.05) is 0 Å². The van der Waals surface area contributed by atoms with Gasteiger partial charge in [0.2, 0.25) is 0 Å². The first kappa shape index (κ1) is 24.0. The Labute approximate surface area is 212 Å². The average molecular weight is 508 g/mol. The zero-order chi connectivity index (χ0) is 25.4. The summed E-state index contributed by atoms with van der Waals surface area (Å²) >= 11 is 5.75. The second kappa shape index (κ2) is 9.39. The van der Waals surface area contributed by atoms with Gasteiger partial charge in [0.15, 0.2) is 5.11 Å². The van der Waals surface area contributed by atoms with Gasteiger partial charge in [0.25, 0.3) is 0 Å². The van der Waals surface area contributed by atoms with Gasteiger partial charge < -0.3 is 14.8 Å². The first-order chi connectivity index (χ1) is 17.3. The Morgan fingerprint density at radius 2 is 1.78 bits per heavy atom. The van der Waals surface area contributed by atoms with Gasteiger partial charge in [-0.1, -0.05) is 24.3 Å². The van der Waals surface area contributed by atoms with Gasteiger partial charge in [-0.3, -0.25) is 9.97 Å². The molecule has 4 heterocycles. The molecule has 0 bridgehead atoms. The number of para-hydroxylation sites is 1. The summed E-state index contributed by atoms with van der Waals surface area (Å²) in [7, 11) is 0. The van der Waals surface area contributed by atoms with E-state index in [2.05, 4.69) is 20.2 Å². The Balaban J connectivity index is 1.65. The van der Waals surface area contributed by atoms with Gasteiger partial charge in [0.1, 0.15) is 0 Å². The van der Waals surface area contributed by atoms with Crippen molar-refractivity contribution < 1.29 is 13.2 Å². The maximum Gasteiger partial charge on any atom is 0.418 e. The third-order valence-corrected chi connectivity index (χ3v) is 6.87. The molecule has 5 nitrogen and oxygen atoms in total. The Morgan fingerprint density at radius 1 is 1.00 bits per heavy atom. The normalized spacial score (nSPS) is 17.9. The maximum atomic E-state index is 13.9. The van der Waals surface area contributed by atoms with Crippen LogP contribution in [0, 0.1) is 13.8 Å². The fourth-order valence-electron chi connectivity index (χ4n) is 4.97. The molecule has 0 unspecified atom stereocenters. The van der Waals surface area contributed by atoms with Crippen molar-refractivity contribution in [3.8, 4) is 5.69 Å². The maximum absolute atomic E-state index is 13.9. The summed E-state index contributed by atoms with van der Waals surface area (Å²) in [6.07, 6.45) is 0.754. The lowest BCUT2D eigenvalue weighted by molar-refractivity contribution is -0.137. The van der Waals surface area contributed by atoms with E-state index in [0.29, 0.717) is 17.4 Å². The van der Waals surface area contributed by atoms with Crippen LogP contribution >= 0.6 is 12.2 Å². The van der Waals surface area contributed by atoms with E-state index < -0.39 is 11.7 Å². The van der Waals surface area contributed by atoms with E-state index >= 15 is 0 Å². The summed E-state index contributed by atoms with van der Waals surface area (Å²) in [4.78, 5) is 10.8. The van der Waals surface area contributed by atoms with Crippen molar-refractivity contribution in [1.29, 1.82) is 0 Å². The average Bonchev–Trinajstić information content (AvgIpc) is 3.34. The monoisotopic (exact) mass is 507 g/mol. The second-order valence-electron chi connectivity index (χ2n) is 8.79. The minimum Gasteiger partial charge on any atom is -0.352 e. The molecule has 5 rings (SSSR count). The molecule has 3 aromatic heterocycles. The van der Waals surface area contributed by atoms with Crippen molar-refractivity contribution in [2.45, 2.75) is 38.7 Å². The van der Waals surface area contributed by atoms with Gasteiger partial charge in [-0.05, 0) is 73.6 Å². The van der Waals surface area contributed by atoms with E-state index in [-0.39, 0.29) is 17.8 Å². The number of thiocarbonyl (C=S) groups is 1. The van der Waals surface area contributed by atoms with Gasteiger partial charge in [-0.2, -0.15) is 13.2 Å². The van der Waals surface area contributed by atoms with Crippen LogP contribution in [-0.4, -0.2) is 24.5 Å². The molecular formula is C27H24F3N5S. The molecule has 1 fully saturated rings. The Morgan fingerprint density at radius 3 is 2.47 bits per heavy atom. The van der Waals surface area contributed by atoms with E-state index in [1.807, 2.05) is 50.2 Å². The van der Waals surface area contributed by atoms with Crippen LogP contribution in [0.15, 0.2) is 79.3 Å². The van der Waals surface area contributed by atoms with Crippen LogP contribution in [-0.2, 0) is 12.7 Å². The highest BCUT2D eigenvalue weighted by atomic mass is 32.1. The highest BCUT2D eigenvalue weighted by Crippen LogP contribution is 2.43. The highest BCUT2D eigenvalue weighted by molar-refractivity contribution is 7.80. The molecule has 1 aromatic carbocycles. The quantitative estimate of drug-likeness (QED) is 0.332. The predicted molar refractivity (Wildman–Crippen MR) is 135 cm³/mol. The lowest BCUT2D eigenvalue weighted by Crippen LogP contribution is -2.29. The SMILES string of the molecule is Cc1cc([C@@H]2[C@H](c3ccccn3)NC(=S)N2Cc2cccnc2)c(C)n1-c1ccccc1C(F)(F)F. The van der Waals surface area contributed by atoms with Crippen LogP contribution in [0.2, 0.25) is 0 Å². The number of aryl methyl sites for hydroxylation is 1. The number of pyridine rings is 2. The van der Waals surface area contributed by atoms with Crippen molar-refractivity contribution in [1.82, 2.24) is 24.8 Å². The van der Waals surface area contributed by atoms with Crippen molar-refractivity contribution in [3.63, 3.8) is 0 Å². The molecule has 184 valence electrons. The van der Waals surface area contributed by atoms with Crippen molar-refractivity contribution in [2.24, 2.45) is 0 Å². The number of halogens is 3. The predicted octanol–water partition coefficient (Wildman–Crippen LogP) is 6.08. The number of benzene rings is 1. The van der Waals surface area contributed by atoms with E-state index in [1.54, 1.807) is 29.2 Å². The minimum atomic E-state index is -4.47. The molecule has 0 radical (unpaired) electrons. The summed E-state index contributed by atoms with van der Waals surface area (Å²) in [5.74, 6) is 0. The topological polar surface area (TPSA) is 46.0 Å². The molecule has 0 spiro atoms. The first-order valence-electron chi connectivity index (χ1n) is 11.5. The summed E-state index contributed by atoms with van der Waals surface area (Å²) in [5, 5.41) is 3.96. The fourth-order valence-corrected chi connectivity index (χ4v) is 5.27. The Hall–Kier alpha value is -3.72. The number of hydrogen-bond donors (Lipinski definition) is 1. The number of aromatic nitrogens is 3. The zero-order valence-corrected chi connectivity index (χ0v) is 20.5. The lowest BCUT2D eigenvalue weighted by atomic mass is 9.96. The lowest BCUT2D eigenvalue weighted by Gasteiger charge is -2.28. The van der Waals surface area contributed by atoms with E-state index in [4.69, 9.17) is 12.2 Å². The number of hydrogen-bond acceptors (Lipinski definition) is 3. The molecule has 0 saturated carbocycles. The van der Waals surface area contributed by atoms with Crippen molar-refractivity contribution >= 4 is 17.3 Å². The molecule has 36 heavy (non-hydrogen) atoms.